The molecule has 1 N–H and O–H groups in total. The Labute approximate surface area is 102 Å². The molecule has 0 aromatic carbocycles. The number of nitrogens with one attached hydrogen (secondary N) is 1. The Kier molecular flexibility index (Phi) is 3.81. The van der Waals surface area contributed by atoms with Crippen molar-refractivity contribution < 1.29 is 13.2 Å². The average molecular weight is 262 g/mol. The van der Waals surface area contributed by atoms with Crippen LogP contribution in [0.5, 0.6) is 0 Å². The fraction of sp³-hybridized carbons (Fsp3) is 0.545. The highest BCUT2D eigenvalue weighted by atomic mass is 32.2. The molecule has 1 aromatic rings. The summed E-state index contributed by atoms with van der Waals surface area (Å²) in [6, 6.07) is 2.36. The molecule has 1 atom stereocenters. The molecule has 0 radical (unpaired) electrons. The zero-order valence-corrected chi connectivity index (χ0v) is 9.94. The molecule has 0 aliphatic carbocycles. The van der Waals surface area contributed by atoms with Gasteiger partial charge in [0.15, 0.2) is 0 Å². The van der Waals surface area contributed by atoms with Crippen LogP contribution in [0.3, 0.4) is 0 Å². The van der Waals surface area contributed by atoms with Crippen molar-refractivity contribution in [2.75, 3.05) is 23.4 Å². The molecule has 6 heteroatoms. The third-order valence-electron chi connectivity index (χ3n) is 2.70. The molecule has 2 rings (SSSR count). The van der Waals surface area contributed by atoms with Gasteiger partial charge >= 0.3 is 6.18 Å². The lowest BCUT2D eigenvalue weighted by atomic mass is 10.1. The molecule has 1 fully saturated rings. The van der Waals surface area contributed by atoms with Crippen molar-refractivity contribution in [2.24, 2.45) is 5.92 Å². The Morgan fingerprint density at radius 1 is 1.47 bits per heavy atom. The minimum absolute atomic E-state index is 0.0584. The lowest BCUT2D eigenvalue weighted by Crippen LogP contribution is -2.18. The highest BCUT2D eigenvalue weighted by Crippen LogP contribution is 2.33. The topological polar surface area (TPSA) is 24.9 Å². The summed E-state index contributed by atoms with van der Waals surface area (Å²) in [5.74, 6) is 2.50. The predicted octanol–water partition coefficient (Wildman–Crippen LogP) is 3.27. The van der Waals surface area contributed by atoms with Gasteiger partial charge in [-0.15, -0.1) is 0 Å². The maximum absolute atomic E-state index is 12.7. The molecule has 2 heterocycles. The second-order valence-electron chi connectivity index (χ2n) is 4.01. The minimum Gasteiger partial charge on any atom is -0.369 e. The number of rotatable bonds is 3. The van der Waals surface area contributed by atoms with E-state index in [2.05, 4.69) is 10.3 Å². The quantitative estimate of drug-likeness (QED) is 0.905. The van der Waals surface area contributed by atoms with Gasteiger partial charge in [0.25, 0.3) is 0 Å². The number of anilines is 1. The smallest absolute Gasteiger partial charge is 0.369 e. The van der Waals surface area contributed by atoms with Crippen molar-refractivity contribution in [3.63, 3.8) is 0 Å². The highest BCUT2D eigenvalue weighted by molar-refractivity contribution is 7.99. The molecular weight excluding hydrogens is 249 g/mol. The van der Waals surface area contributed by atoms with E-state index in [-0.39, 0.29) is 5.82 Å². The first-order valence-electron chi connectivity index (χ1n) is 5.41. The molecule has 94 valence electrons. The SMILES string of the molecule is FC(F)(F)c1cccnc1NCC1CCSC1. The maximum atomic E-state index is 12.7. The van der Waals surface area contributed by atoms with E-state index in [1.165, 1.54) is 12.3 Å². The van der Waals surface area contributed by atoms with Gasteiger partial charge in [-0.25, -0.2) is 4.98 Å². The summed E-state index contributed by atoms with van der Waals surface area (Å²) < 4.78 is 38.0. The first-order chi connectivity index (χ1) is 8.07. The number of nitrogens with zero attached hydrogens (tertiary/aromatic N) is 1. The second-order valence-corrected chi connectivity index (χ2v) is 5.16. The van der Waals surface area contributed by atoms with E-state index >= 15 is 0 Å². The molecule has 1 aliphatic rings. The molecule has 0 bridgehead atoms. The van der Waals surface area contributed by atoms with E-state index in [1.54, 1.807) is 0 Å². The Morgan fingerprint density at radius 3 is 2.94 bits per heavy atom. The summed E-state index contributed by atoms with van der Waals surface area (Å²) in [6.07, 6.45) is -1.91. The average Bonchev–Trinajstić information content (AvgIpc) is 2.78. The number of alkyl halides is 3. The monoisotopic (exact) mass is 262 g/mol. The van der Waals surface area contributed by atoms with Crippen LogP contribution in [0.15, 0.2) is 18.3 Å². The molecule has 1 aliphatic heterocycles. The summed E-state index contributed by atoms with van der Waals surface area (Å²) in [4.78, 5) is 3.77. The number of pyridine rings is 1. The number of halogens is 3. The van der Waals surface area contributed by atoms with Gasteiger partial charge in [-0.3, -0.25) is 0 Å². The van der Waals surface area contributed by atoms with Crippen LogP contribution in [0.2, 0.25) is 0 Å². The van der Waals surface area contributed by atoms with Crippen molar-refractivity contribution in [3.05, 3.63) is 23.9 Å². The van der Waals surface area contributed by atoms with E-state index in [0.717, 1.165) is 24.0 Å². The van der Waals surface area contributed by atoms with Crippen LogP contribution >= 0.6 is 11.8 Å². The van der Waals surface area contributed by atoms with E-state index in [1.807, 2.05) is 11.8 Å². The summed E-state index contributed by atoms with van der Waals surface area (Å²) in [7, 11) is 0. The molecule has 1 aromatic heterocycles. The Morgan fingerprint density at radius 2 is 2.29 bits per heavy atom. The lowest BCUT2D eigenvalue weighted by Gasteiger charge is -2.15. The van der Waals surface area contributed by atoms with Crippen molar-refractivity contribution in [1.82, 2.24) is 4.98 Å². The van der Waals surface area contributed by atoms with E-state index in [9.17, 15) is 13.2 Å². The van der Waals surface area contributed by atoms with Gasteiger partial charge in [0.05, 0.1) is 5.56 Å². The maximum Gasteiger partial charge on any atom is 0.419 e. The first-order valence-corrected chi connectivity index (χ1v) is 6.56. The van der Waals surface area contributed by atoms with Gasteiger partial charge < -0.3 is 5.32 Å². The number of hydrogen-bond donors (Lipinski definition) is 1. The van der Waals surface area contributed by atoms with Crippen molar-refractivity contribution in [2.45, 2.75) is 12.6 Å². The van der Waals surface area contributed by atoms with Crippen LogP contribution in [-0.2, 0) is 6.18 Å². The van der Waals surface area contributed by atoms with Gasteiger partial charge in [-0.2, -0.15) is 24.9 Å². The molecular formula is C11H13F3N2S. The summed E-state index contributed by atoms with van der Waals surface area (Å²) >= 11 is 1.84. The number of hydrogen-bond acceptors (Lipinski definition) is 3. The molecule has 0 spiro atoms. The van der Waals surface area contributed by atoms with Crippen molar-refractivity contribution >= 4 is 17.6 Å². The summed E-state index contributed by atoms with van der Waals surface area (Å²) in [6.45, 7) is 0.563. The third kappa shape index (κ3) is 3.28. The Hall–Kier alpha value is -0.910. The molecule has 1 saturated heterocycles. The van der Waals surface area contributed by atoms with Crippen LogP contribution in [0.25, 0.3) is 0 Å². The van der Waals surface area contributed by atoms with Gasteiger partial charge in [0.1, 0.15) is 5.82 Å². The van der Waals surface area contributed by atoms with Crippen LogP contribution in [0.4, 0.5) is 19.0 Å². The van der Waals surface area contributed by atoms with E-state index in [0.29, 0.717) is 12.5 Å². The van der Waals surface area contributed by atoms with Crippen LogP contribution in [0, 0.1) is 5.92 Å². The molecule has 17 heavy (non-hydrogen) atoms. The fourth-order valence-corrected chi connectivity index (χ4v) is 3.04. The molecule has 2 nitrogen and oxygen atoms in total. The number of aromatic nitrogens is 1. The third-order valence-corrected chi connectivity index (χ3v) is 3.93. The van der Waals surface area contributed by atoms with Crippen LogP contribution in [0.1, 0.15) is 12.0 Å². The number of thioether (sulfide) groups is 1. The zero-order valence-electron chi connectivity index (χ0n) is 9.13. The first kappa shape index (κ1) is 12.5. The molecule has 0 saturated carbocycles. The predicted molar refractivity (Wildman–Crippen MR) is 63.2 cm³/mol. The van der Waals surface area contributed by atoms with Gasteiger partial charge in [-0.1, -0.05) is 0 Å². The van der Waals surface area contributed by atoms with Crippen LogP contribution < -0.4 is 5.32 Å². The summed E-state index contributed by atoms with van der Waals surface area (Å²) in [5.41, 5.74) is -0.689. The van der Waals surface area contributed by atoms with Crippen molar-refractivity contribution in [1.29, 1.82) is 0 Å². The highest BCUT2D eigenvalue weighted by Gasteiger charge is 2.34. The van der Waals surface area contributed by atoms with E-state index in [4.69, 9.17) is 0 Å². The second kappa shape index (κ2) is 5.16. The molecule has 0 amide bonds. The van der Waals surface area contributed by atoms with Gasteiger partial charge in [0, 0.05) is 12.7 Å². The zero-order chi connectivity index (χ0) is 12.3. The fourth-order valence-electron chi connectivity index (χ4n) is 1.76. The normalized spacial score (nSPS) is 20.5. The molecule has 1 unspecified atom stereocenters. The standard InChI is InChI=1S/C11H13F3N2S/c12-11(13,14)9-2-1-4-15-10(9)16-6-8-3-5-17-7-8/h1-2,4,8H,3,5-7H2,(H,15,16). The lowest BCUT2D eigenvalue weighted by molar-refractivity contribution is -0.137. The largest absolute Gasteiger partial charge is 0.419 e. The van der Waals surface area contributed by atoms with E-state index < -0.39 is 11.7 Å². The summed E-state index contributed by atoms with van der Waals surface area (Å²) in [5, 5.41) is 2.82. The van der Waals surface area contributed by atoms with Crippen LogP contribution in [-0.4, -0.2) is 23.0 Å². The Bertz CT molecular complexity index is 375. The van der Waals surface area contributed by atoms with Crippen molar-refractivity contribution in [3.8, 4) is 0 Å². The van der Waals surface area contributed by atoms with Gasteiger partial charge in [0.2, 0.25) is 0 Å². The minimum atomic E-state index is -4.35. The Balaban J connectivity index is 2.04. The van der Waals surface area contributed by atoms with Gasteiger partial charge in [-0.05, 0) is 36.0 Å².